The Kier molecular flexibility index (Phi) is 4.52. The lowest BCUT2D eigenvalue weighted by atomic mass is 9.97. The molecule has 3 heterocycles. The van der Waals surface area contributed by atoms with Gasteiger partial charge in [0.25, 0.3) is 5.91 Å². The standard InChI is InChI=1S/C23H21N3O4/c27-18-11-12-25-21(22(18)28)23(29)24-13-14-30-15-19(24)26(25)20(16-7-3-1-4-8-16)17-9-5-2-6-10-17/h1-12,19-20,28H,13-15H2. The normalized spacial score (nSPS) is 18.3. The van der Waals surface area contributed by atoms with Crippen LogP contribution < -0.4 is 10.4 Å². The molecule has 0 saturated carbocycles. The van der Waals surface area contributed by atoms with Crippen molar-refractivity contribution in [1.82, 2.24) is 9.58 Å². The lowest BCUT2D eigenvalue weighted by Gasteiger charge is -2.51. The van der Waals surface area contributed by atoms with Crippen molar-refractivity contribution in [3.8, 4) is 5.75 Å². The van der Waals surface area contributed by atoms with Gasteiger partial charge in [-0.1, -0.05) is 60.7 Å². The number of carbonyl (C=O) groups is 1. The molecule has 0 aliphatic carbocycles. The molecule has 7 nitrogen and oxygen atoms in total. The van der Waals surface area contributed by atoms with Gasteiger partial charge in [-0.15, -0.1) is 0 Å². The first-order chi connectivity index (χ1) is 14.7. The molecule has 2 aliphatic heterocycles. The summed E-state index contributed by atoms with van der Waals surface area (Å²) in [4.78, 5) is 27.0. The van der Waals surface area contributed by atoms with Crippen LogP contribution in [0.4, 0.5) is 0 Å². The van der Waals surface area contributed by atoms with Gasteiger partial charge in [0.1, 0.15) is 6.17 Å². The fraction of sp³-hybridized carbons (Fsp3) is 0.217. The summed E-state index contributed by atoms with van der Waals surface area (Å²) in [6.07, 6.45) is 1.17. The Balaban J connectivity index is 1.77. The molecular weight excluding hydrogens is 382 g/mol. The van der Waals surface area contributed by atoms with E-state index in [2.05, 4.69) is 0 Å². The average molecular weight is 403 g/mol. The van der Waals surface area contributed by atoms with Crippen molar-refractivity contribution in [2.45, 2.75) is 12.2 Å². The Morgan fingerprint density at radius 2 is 1.57 bits per heavy atom. The lowest BCUT2D eigenvalue weighted by Crippen LogP contribution is -2.66. The van der Waals surface area contributed by atoms with Gasteiger partial charge in [-0.3, -0.25) is 19.3 Å². The largest absolute Gasteiger partial charge is 0.502 e. The maximum atomic E-state index is 13.2. The van der Waals surface area contributed by atoms with Crippen molar-refractivity contribution in [3.05, 3.63) is 100.0 Å². The molecule has 0 spiro atoms. The third-order valence-electron chi connectivity index (χ3n) is 5.67. The van der Waals surface area contributed by atoms with E-state index < -0.39 is 11.2 Å². The number of rotatable bonds is 3. The van der Waals surface area contributed by atoms with Crippen LogP contribution in [0.1, 0.15) is 27.7 Å². The number of nitrogens with zero attached hydrogens (tertiary/aromatic N) is 3. The predicted molar refractivity (Wildman–Crippen MR) is 111 cm³/mol. The topological polar surface area (TPSA) is 75.0 Å². The molecule has 2 aliphatic rings. The zero-order valence-corrected chi connectivity index (χ0v) is 16.2. The molecule has 5 rings (SSSR count). The Morgan fingerprint density at radius 1 is 0.933 bits per heavy atom. The van der Waals surface area contributed by atoms with Crippen LogP contribution in [-0.2, 0) is 4.74 Å². The minimum atomic E-state index is -0.572. The quantitative estimate of drug-likeness (QED) is 0.725. The highest BCUT2D eigenvalue weighted by Crippen LogP contribution is 2.35. The Hall–Kier alpha value is -3.58. The maximum Gasteiger partial charge on any atom is 0.278 e. The van der Waals surface area contributed by atoms with Crippen LogP contribution in [0.15, 0.2) is 77.7 Å². The summed E-state index contributed by atoms with van der Waals surface area (Å²) in [5.74, 6) is -0.896. The van der Waals surface area contributed by atoms with Gasteiger partial charge in [0.15, 0.2) is 11.4 Å². The summed E-state index contributed by atoms with van der Waals surface area (Å²) in [5, 5.41) is 12.5. The zero-order valence-electron chi connectivity index (χ0n) is 16.2. The molecule has 1 fully saturated rings. The Labute approximate surface area is 173 Å². The van der Waals surface area contributed by atoms with E-state index in [1.54, 1.807) is 15.8 Å². The van der Waals surface area contributed by atoms with E-state index in [-0.39, 0.29) is 23.8 Å². The summed E-state index contributed by atoms with van der Waals surface area (Å²) in [5.41, 5.74) is 1.45. The van der Waals surface area contributed by atoms with Gasteiger partial charge in [0.2, 0.25) is 5.43 Å². The van der Waals surface area contributed by atoms with Crippen molar-refractivity contribution < 1.29 is 14.6 Å². The van der Waals surface area contributed by atoms with Crippen LogP contribution in [-0.4, -0.2) is 46.5 Å². The summed E-state index contributed by atoms with van der Waals surface area (Å²) in [7, 11) is 0. The Morgan fingerprint density at radius 3 is 2.20 bits per heavy atom. The number of aromatic hydroxyl groups is 1. The number of amides is 1. The number of hydrogen-bond acceptors (Lipinski definition) is 5. The fourth-order valence-corrected chi connectivity index (χ4v) is 4.30. The van der Waals surface area contributed by atoms with Crippen LogP contribution in [0.5, 0.6) is 5.75 Å². The highest BCUT2D eigenvalue weighted by molar-refractivity contribution is 5.96. The predicted octanol–water partition coefficient (Wildman–Crippen LogP) is 2.09. The van der Waals surface area contributed by atoms with Gasteiger partial charge >= 0.3 is 0 Å². The van der Waals surface area contributed by atoms with E-state index in [1.165, 1.54) is 6.07 Å². The molecule has 1 amide bonds. The van der Waals surface area contributed by atoms with Gasteiger partial charge < -0.3 is 14.7 Å². The van der Waals surface area contributed by atoms with Gasteiger partial charge in [-0.2, -0.15) is 0 Å². The molecule has 152 valence electrons. The molecule has 1 aromatic heterocycles. The Bertz CT molecular complexity index is 1090. The van der Waals surface area contributed by atoms with Crippen LogP contribution in [0.3, 0.4) is 0 Å². The van der Waals surface area contributed by atoms with Gasteiger partial charge in [-0.25, -0.2) is 0 Å². The SMILES string of the molecule is O=C1c2c(O)c(=O)ccn2N(C(c2ccccc2)c2ccccc2)C2COCCN12. The molecule has 1 unspecified atom stereocenters. The molecule has 2 aromatic carbocycles. The van der Waals surface area contributed by atoms with E-state index in [4.69, 9.17) is 4.74 Å². The van der Waals surface area contributed by atoms with Crippen molar-refractivity contribution in [3.63, 3.8) is 0 Å². The van der Waals surface area contributed by atoms with E-state index >= 15 is 0 Å². The molecule has 0 radical (unpaired) electrons. The number of aromatic nitrogens is 1. The number of morpholine rings is 1. The summed E-state index contributed by atoms with van der Waals surface area (Å²) in [6.45, 7) is 1.13. The number of carbonyl (C=O) groups excluding carboxylic acids is 1. The van der Waals surface area contributed by atoms with Gasteiger partial charge in [0, 0.05) is 18.8 Å². The number of pyridine rings is 1. The number of fused-ring (bicyclic) bond motifs is 2. The minimum absolute atomic E-state index is 0.0162. The third kappa shape index (κ3) is 2.86. The van der Waals surface area contributed by atoms with E-state index in [1.807, 2.05) is 65.7 Å². The highest BCUT2D eigenvalue weighted by Gasteiger charge is 2.44. The smallest absolute Gasteiger partial charge is 0.278 e. The van der Waals surface area contributed by atoms with Crippen molar-refractivity contribution in [2.24, 2.45) is 0 Å². The van der Waals surface area contributed by atoms with Gasteiger partial charge in [-0.05, 0) is 11.1 Å². The lowest BCUT2D eigenvalue weighted by molar-refractivity contribution is -0.0197. The number of ether oxygens (including phenoxy) is 1. The van der Waals surface area contributed by atoms with Crippen LogP contribution >= 0.6 is 0 Å². The van der Waals surface area contributed by atoms with Crippen molar-refractivity contribution in [1.29, 1.82) is 0 Å². The van der Waals surface area contributed by atoms with E-state index in [9.17, 15) is 14.7 Å². The highest BCUT2D eigenvalue weighted by atomic mass is 16.5. The van der Waals surface area contributed by atoms with Crippen LogP contribution in [0.25, 0.3) is 0 Å². The molecule has 30 heavy (non-hydrogen) atoms. The first kappa shape index (κ1) is 18.4. The summed E-state index contributed by atoms with van der Waals surface area (Å²) in [6, 6.07) is 20.9. The van der Waals surface area contributed by atoms with E-state index in [0.717, 1.165) is 11.1 Å². The van der Waals surface area contributed by atoms with Gasteiger partial charge in [0.05, 0.1) is 19.3 Å². The minimum Gasteiger partial charge on any atom is -0.502 e. The molecule has 1 saturated heterocycles. The second kappa shape index (κ2) is 7.35. The monoisotopic (exact) mass is 403 g/mol. The molecule has 1 atom stereocenters. The zero-order chi connectivity index (χ0) is 20.7. The van der Waals surface area contributed by atoms with Crippen molar-refractivity contribution in [2.75, 3.05) is 24.8 Å². The first-order valence-corrected chi connectivity index (χ1v) is 9.88. The second-order valence-corrected chi connectivity index (χ2v) is 7.38. The molecule has 0 bridgehead atoms. The van der Waals surface area contributed by atoms with Crippen LogP contribution in [0.2, 0.25) is 0 Å². The van der Waals surface area contributed by atoms with E-state index in [0.29, 0.717) is 19.8 Å². The van der Waals surface area contributed by atoms with Crippen LogP contribution in [0, 0.1) is 0 Å². The molecule has 1 N–H and O–H groups in total. The average Bonchev–Trinajstić information content (AvgIpc) is 2.80. The summed E-state index contributed by atoms with van der Waals surface area (Å²) < 4.78 is 7.35. The molecular formula is C23H21N3O4. The summed E-state index contributed by atoms with van der Waals surface area (Å²) >= 11 is 0. The molecule has 7 heteroatoms. The third-order valence-corrected chi connectivity index (χ3v) is 5.67. The molecule has 3 aromatic rings. The number of benzene rings is 2. The van der Waals surface area contributed by atoms with Crippen molar-refractivity contribution >= 4 is 5.91 Å². The second-order valence-electron chi connectivity index (χ2n) is 7.38. The fourth-order valence-electron chi connectivity index (χ4n) is 4.30. The maximum absolute atomic E-state index is 13.2. The first-order valence-electron chi connectivity index (χ1n) is 9.88. The number of hydrogen-bond donors (Lipinski definition) is 1.